The number of hydrogen-bond acceptors (Lipinski definition) is 4. The van der Waals surface area contributed by atoms with Crippen LogP contribution >= 0.6 is 0 Å². The summed E-state index contributed by atoms with van der Waals surface area (Å²) in [6.45, 7) is 3.78. The van der Waals surface area contributed by atoms with Gasteiger partial charge < -0.3 is 10.1 Å². The number of methoxy groups -OCH3 is 1. The van der Waals surface area contributed by atoms with E-state index in [1.54, 1.807) is 19.5 Å². The Balaban J connectivity index is 1.98. The molecule has 0 fully saturated rings. The minimum atomic E-state index is -0.218. The second-order valence-electron chi connectivity index (χ2n) is 5.35. The van der Waals surface area contributed by atoms with Gasteiger partial charge in [0, 0.05) is 17.8 Å². The Hall–Kier alpha value is -2.95. The zero-order valence-corrected chi connectivity index (χ0v) is 13.3. The lowest BCUT2D eigenvalue weighted by molar-refractivity contribution is 0.102. The predicted molar refractivity (Wildman–Crippen MR) is 90.0 cm³/mol. The smallest absolute Gasteiger partial charge is 0.257 e. The van der Waals surface area contributed by atoms with Crippen molar-refractivity contribution in [3.05, 3.63) is 59.5 Å². The van der Waals surface area contributed by atoms with E-state index in [2.05, 4.69) is 15.3 Å². The average molecular weight is 307 g/mol. The molecule has 5 heteroatoms. The number of pyridine rings is 2. The van der Waals surface area contributed by atoms with Crippen molar-refractivity contribution in [1.82, 2.24) is 9.97 Å². The molecule has 1 amide bonds. The van der Waals surface area contributed by atoms with Gasteiger partial charge in [-0.25, -0.2) is 0 Å². The molecule has 3 aromatic rings. The van der Waals surface area contributed by atoms with Crippen molar-refractivity contribution < 1.29 is 9.53 Å². The quantitative estimate of drug-likeness (QED) is 0.804. The van der Waals surface area contributed by atoms with Crippen LogP contribution in [0.5, 0.6) is 5.75 Å². The first-order chi connectivity index (χ1) is 11.1. The fourth-order valence-electron chi connectivity index (χ4n) is 2.45. The summed E-state index contributed by atoms with van der Waals surface area (Å²) in [5.74, 6) is 0.404. The Bertz CT molecular complexity index is 891. The third-order valence-corrected chi connectivity index (χ3v) is 3.65. The van der Waals surface area contributed by atoms with Crippen molar-refractivity contribution >= 4 is 22.5 Å². The molecule has 23 heavy (non-hydrogen) atoms. The van der Waals surface area contributed by atoms with Crippen LogP contribution < -0.4 is 10.1 Å². The molecule has 0 aliphatic carbocycles. The Kier molecular flexibility index (Phi) is 3.93. The summed E-state index contributed by atoms with van der Waals surface area (Å²) in [6, 6.07) is 9.28. The van der Waals surface area contributed by atoms with Crippen LogP contribution in [0.1, 0.15) is 21.6 Å². The van der Waals surface area contributed by atoms with Crippen LogP contribution in [0.4, 0.5) is 5.69 Å². The number of amides is 1. The van der Waals surface area contributed by atoms with E-state index in [1.807, 2.05) is 44.2 Å². The summed E-state index contributed by atoms with van der Waals surface area (Å²) < 4.78 is 5.30. The predicted octanol–water partition coefficient (Wildman–Crippen LogP) is 3.51. The number of aryl methyl sites for hydroxylation is 2. The monoisotopic (exact) mass is 307 g/mol. The number of nitrogens with zero attached hydrogens (tertiary/aromatic N) is 2. The molecule has 0 atom stereocenters. The van der Waals surface area contributed by atoms with Crippen LogP contribution in [0.3, 0.4) is 0 Å². The number of rotatable bonds is 3. The lowest BCUT2D eigenvalue weighted by Gasteiger charge is -2.12. The largest absolute Gasteiger partial charge is 0.495 e. The molecule has 0 aliphatic rings. The van der Waals surface area contributed by atoms with Gasteiger partial charge in [0.1, 0.15) is 5.75 Å². The molecular weight excluding hydrogens is 290 g/mol. The first-order valence-electron chi connectivity index (χ1n) is 7.26. The molecule has 1 N–H and O–H groups in total. The first kappa shape index (κ1) is 15.0. The Morgan fingerprint density at radius 3 is 2.78 bits per heavy atom. The second kappa shape index (κ2) is 6.04. The molecule has 0 unspecified atom stereocenters. The van der Waals surface area contributed by atoms with E-state index in [1.165, 1.54) is 0 Å². The van der Waals surface area contributed by atoms with Gasteiger partial charge in [0.15, 0.2) is 0 Å². The van der Waals surface area contributed by atoms with Crippen LogP contribution in [-0.4, -0.2) is 23.0 Å². The van der Waals surface area contributed by atoms with Gasteiger partial charge in [0.2, 0.25) is 0 Å². The van der Waals surface area contributed by atoms with Gasteiger partial charge >= 0.3 is 0 Å². The standard InChI is InChI=1S/C18H17N3O2/c1-11-4-5-17(23-3)16(8-11)21-18(22)14-9-13-10-19-7-6-15(13)20-12(14)2/h4-10H,1-3H3,(H,21,22). The van der Waals surface area contributed by atoms with Crippen LogP contribution in [0, 0.1) is 13.8 Å². The van der Waals surface area contributed by atoms with Crippen molar-refractivity contribution in [2.24, 2.45) is 0 Å². The van der Waals surface area contributed by atoms with E-state index < -0.39 is 0 Å². The highest BCUT2D eigenvalue weighted by molar-refractivity contribution is 6.07. The maximum Gasteiger partial charge on any atom is 0.257 e. The zero-order valence-electron chi connectivity index (χ0n) is 13.3. The topological polar surface area (TPSA) is 64.1 Å². The fraction of sp³-hybridized carbons (Fsp3) is 0.167. The molecule has 0 radical (unpaired) electrons. The van der Waals surface area contributed by atoms with E-state index in [9.17, 15) is 4.79 Å². The van der Waals surface area contributed by atoms with Crippen molar-refractivity contribution in [2.45, 2.75) is 13.8 Å². The van der Waals surface area contributed by atoms with Crippen LogP contribution in [0.25, 0.3) is 10.9 Å². The van der Waals surface area contributed by atoms with Gasteiger partial charge in [-0.05, 0) is 43.7 Å². The van der Waals surface area contributed by atoms with Crippen LogP contribution in [0.15, 0.2) is 42.7 Å². The summed E-state index contributed by atoms with van der Waals surface area (Å²) in [4.78, 5) is 21.2. The van der Waals surface area contributed by atoms with Gasteiger partial charge in [0.25, 0.3) is 5.91 Å². The minimum Gasteiger partial charge on any atom is -0.495 e. The molecule has 0 bridgehead atoms. The normalized spacial score (nSPS) is 10.6. The van der Waals surface area contributed by atoms with E-state index in [4.69, 9.17) is 4.74 Å². The molecule has 116 valence electrons. The highest BCUT2D eigenvalue weighted by Crippen LogP contribution is 2.26. The molecule has 0 aliphatic heterocycles. The third-order valence-electron chi connectivity index (χ3n) is 3.65. The number of hydrogen-bond donors (Lipinski definition) is 1. The highest BCUT2D eigenvalue weighted by Gasteiger charge is 2.14. The lowest BCUT2D eigenvalue weighted by atomic mass is 10.1. The molecular formula is C18H17N3O2. The van der Waals surface area contributed by atoms with E-state index in [-0.39, 0.29) is 5.91 Å². The number of nitrogens with one attached hydrogen (secondary N) is 1. The average Bonchev–Trinajstić information content (AvgIpc) is 2.54. The SMILES string of the molecule is COc1ccc(C)cc1NC(=O)c1cc2cnccc2nc1C. The number of aromatic nitrogens is 2. The summed E-state index contributed by atoms with van der Waals surface area (Å²) in [5.41, 5.74) is 3.70. The van der Waals surface area contributed by atoms with Crippen LogP contribution in [0.2, 0.25) is 0 Å². The zero-order chi connectivity index (χ0) is 16.4. The number of ether oxygens (including phenoxy) is 1. The van der Waals surface area contributed by atoms with Crippen LogP contribution in [-0.2, 0) is 0 Å². The maximum absolute atomic E-state index is 12.6. The summed E-state index contributed by atoms with van der Waals surface area (Å²) >= 11 is 0. The first-order valence-corrected chi connectivity index (χ1v) is 7.26. The van der Waals surface area contributed by atoms with E-state index >= 15 is 0 Å². The lowest BCUT2D eigenvalue weighted by Crippen LogP contribution is -2.15. The molecule has 2 aromatic heterocycles. The molecule has 2 heterocycles. The minimum absolute atomic E-state index is 0.218. The molecule has 3 rings (SSSR count). The van der Waals surface area contributed by atoms with Gasteiger partial charge in [0.05, 0.1) is 29.6 Å². The van der Waals surface area contributed by atoms with E-state index in [0.29, 0.717) is 22.7 Å². The highest BCUT2D eigenvalue weighted by atomic mass is 16.5. The molecule has 0 spiro atoms. The van der Waals surface area contributed by atoms with Gasteiger partial charge in [-0.2, -0.15) is 0 Å². The van der Waals surface area contributed by atoms with Gasteiger partial charge in [-0.1, -0.05) is 6.07 Å². The fourth-order valence-corrected chi connectivity index (χ4v) is 2.45. The summed E-state index contributed by atoms with van der Waals surface area (Å²) in [7, 11) is 1.58. The maximum atomic E-state index is 12.6. The number of benzene rings is 1. The Morgan fingerprint density at radius 2 is 2.00 bits per heavy atom. The summed E-state index contributed by atoms with van der Waals surface area (Å²) in [5, 5.41) is 3.73. The third kappa shape index (κ3) is 2.99. The number of anilines is 1. The van der Waals surface area contributed by atoms with Crippen molar-refractivity contribution in [1.29, 1.82) is 0 Å². The van der Waals surface area contributed by atoms with E-state index in [0.717, 1.165) is 16.5 Å². The number of carbonyl (C=O) groups is 1. The molecule has 1 aromatic carbocycles. The Morgan fingerprint density at radius 1 is 1.17 bits per heavy atom. The molecule has 0 saturated heterocycles. The Labute approximate surface area is 134 Å². The summed E-state index contributed by atoms with van der Waals surface area (Å²) in [6.07, 6.45) is 3.39. The molecule has 5 nitrogen and oxygen atoms in total. The van der Waals surface area contributed by atoms with Crippen molar-refractivity contribution in [3.8, 4) is 5.75 Å². The second-order valence-corrected chi connectivity index (χ2v) is 5.35. The van der Waals surface area contributed by atoms with Gasteiger partial charge in [-0.15, -0.1) is 0 Å². The van der Waals surface area contributed by atoms with Gasteiger partial charge in [-0.3, -0.25) is 14.8 Å². The van der Waals surface area contributed by atoms with Crippen molar-refractivity contribution in [3.63, 3.8) is 0 Å². The number of carbonyl (C=O) groups excluding carboxylic acids is 1. The van der Waals surface area contributed by atoms with Crippen molar-refractivity contribution in [2.75, 3.05) is 12.4 Å². The molecule has 0 saturated carbocycles. The number of fused-ring (bicyclic) bond motifs is 1.